The highest BCUT2D eigenvalue weighted by Crippen LogP contribution is 2.23. The molecule has 0 saturated heterocycles. The van der Waals surface area contributed by atoms with E-state index >= 15 is 0 Å². The Bertz CT molecular complexity index is 822. The van der Waals surface area contributed by atoms with E-state index in [0.717, 1.165) is 24.8 Å². The second-order valence-corrected chi connectivity index (χ2v) is 6.36. The fourth-order valence-corrected chi connectivity index (χ4v) is 2.98. The van der Waals surface area contributed by atoms with Gasteiger partial charge in [0, 0.05) is 0 Å². The van der Waals surface area contributed by atoms with E-state index in [1.165, 1.54) is 36.2 Å². The number of carbonyl (C=O) groups is 2. The molecule has 2 amide bonds. The van der Waals surface area contributed by atoms with Crippen LogP contribution in [0.3, 0.4) is 0 Å². The minimum absolute atomic E-state index is 0.0142. The third-order valence-corrected chi connectivity index (χ3v) is 4.36. The third kappa shape index (κ3) is 4.39. The van der Waals surface area contributed by atoms with E-state index in [-0.39, 0.29) is 18.1 Å². The average molecular weight is 356 g/mol. The van der Waals surface area contributed by atoms with Crippen LogP contribution in [-0.2, 0) is 28.9 Å². The smallest absolute Gasteiger partial charge is 0.279 e. The Hall–Kier alpha value is -2.89. The molecule has 1 atom stereocenters. The fraction of sp³-hybridized carbons (Fsp3) is 0.300. The number of ether oxygens (including phenoxy) is 1. The molecule has 0 heterocycles. The summed E-state index contributed by atoms with van der Waals surface area (Å²) in [5.41, 5.74) is 8.23. The summed E-state index contributed by atoms with van der Waals surface area (Å²) in [5, 5.41) is 0. The molecule has 5 nitrogen and oxygen atoms in total. The topological polar surface area (TPSA) is 67.4 Å². The number of rotatable bonds is 5. The van der Waals surface area contributed by atoms with E-state index in [9.17, 15) is 14.0 Å². The van der Waals surface area contributed by atoms with E-state index in [4.69, 9.17) is 4.74 Å². The van der Waals surface area contributed by atoms with Crippen molar-refractivity contribution in [2.45, 2.75) is 38.7 Å². The van der Waals surface area contributed by atoms with Crippen LogP contribution in [0, 0.1) is 5.82 Å². The minimum atomic E-state index is -0.952. The highest BCUT2D eigenvalue weighted by atomic mass is 19.1. The number of amides is 2. The summed E-state index contributed by atoms with van der Waals surface area (Å²) in [6.45, 7) is 1.48. The molecule has 3 rings (SSSR count). The molecule has 6 heteroatoms. The van der Waals surface area contributed by atoms with E-state index in [2.05, 4.69) is 16.9 Å². The summed E-state index contributed by atoms with van der Waals surface area (Å²) in [6.07, 6.45) is 2.52. The van der Waals surface area contributed by atoms with Crippen LogP contribution in [0.4, 0.5) is 4.39 Å². The summed E-state index contributed by atoms with van der Waals surface area (Å²) in [4.78, 5) is 24.0. The standard InChI is InChI=1S/C20H21FN2O3/c1-13(26-18-8-3-2-7-17(18)21)20(25)23-22-19(24)12-14-9-10-15-5-4-6-16(15)11-14/h2-3,7-11,13H,4-6,12H2,1H3,(H,22,24)(H,23,25)/t13-/m0/s1. The van der Waals surface area contributed by atoms with Crippen molar-refractivity contribution in [3.63, 3.8) is 0 Å². The minimum Gasteiger partial charge on any atom is -0.478 e. The Balaban J connectivity index is 1.47. The van der Waals surface area contributed by atoms with Crippen LogP contribution < -0.4 is 15.6 Å². The highest BCUT2D eigenvalue weighted by Gasteiger charge is 2.17. The van der Waals surface area contributed by atoms with Crippen molar-refractivity contribution in [3.8, 4) is 5.75 Å². The molecule has 0 unspecified atom stereocenters. The quantitative estimate of drug-likeness (QED) is 0.809. The van der Waals surface area contributed by atoms with Gasteiger partial charge in [0.25, 0.3) is 5.91 Å². The molecule has 0 bridgehead atoms. The van der Waals surface area contributed by atoms with Gasteiger partial charge in [-0.1, -0.05) is 30.3 Å². The lowest BCUT2D eigenvalue weighted by molar-refractivity contribution is -0.132. The van der Waals surface area contributed by atoms with Crippen LogP contribution in [0.25, 0.3) is 0 Å². The van der Waals surface area contributed by atoms with Crippen molar-refractivity contribution in [2.75, 3.05) is 0 Å². The summed E-state index contributed by atoms with van der Waals surface area (Å²) in [5.74, 6) is -1.45. The van der Waals surface area contributed by atoms with Gasteiger partial charge in [-0.3, -0.25) is 20.4 Å². The maximum absolute atomic E-state index is 13.5. The van der Waals surface area contributed by atoms with Crippen LogP contribution in [0.15, 0.2) is 42.5 Å². The predicted molar refractivity (Wildman–Crippen MR) is 94.9 cm³/mol. The lowest BCUT2D eigenvalue weighted by Gasteiger charge is -2.15. The summed E-state index contributed by atoms with van der Waals surface area (Å²) >= 11 is 0. The number of hydrazine groups is 1. The van der Waals surface area contributed by atoms with Crippen LogP contribution in [0.2, 0.25) is 0 Å². The molecule has 2 aromatic rings. The van der Waals surface area contributed by atoms with Crippen molar-refractivity contribution >= 4 is 11.8 Å². The second kappa shape index (κ2) is 7.99. The van der Waals surface area contributed by atoms with E-state index < -0.39 is 17.8 Å². The van der Waals surface area contributed by atoms with Gasteiger partial charge in [0.05, 0.1) is 6.42 Å². The second-order valence-electron chi connectivity index (χ2n) is 6.36. The first-order chi connectivity index (χ1) is 12.5. The van der Waals surface area contributed by atoms with Crippen LogP contribution in [0.5, 0.6) is 5.75 Å². The molecule has 0 saturated carbocycles. The Kier molecular flexibility index (Phi) is 5.51. The molecule has 2 N–H and O–H groups in total. The first-order valence-corrected chi connectivity index (χ1v) is 8.63. The molecule has 26 heavy (non-hydrogen) atoms. The van der Waals surface area contributed by atoms with Gasteiger partial charge in [0.1, 0.15) is 0 Å². The van der Waals surface area contributed by atoms with Crippen molar-refractivity contribution in [1.29, 1.82) is 0 Å². The zero-order chi connectivity index (χ0) is 18.5. The van der Waals surface area contributed by atoms with Crippen LogP contribution in [0.1, 0.15) is 30.0 Å². The zero-order valence-corrected chi connectivity index (χ0v) is 14.5. The van der Waals surface area contributed by atoms with Gasteiger partial charge in [-0.25, -0.2) is 4.39 Å². The summed E-state index contributed by atoms with van der Waals surface area (Å²) in [7, 11) is 0. The number of benzene rings is 2. The normalized spacial score (nSPS) is 13.6. The lowest BCUT2D eigenvalue weighted by atomic mass is 10.0. The molecule has 0 aromatic heterocycles. The van der Waals surface area contributed by atoms with Gasteiger partial charge in [0.2, 0.25) is 5.91 Å². The molecule has 0 fully saturated rings. The van der Waals surface area contributed by atoms with Gasteiger partial charge >= 0.3 is 0 Å². The number of hydrogen-bond donors (Lipinski definition) is 2. The first-order valence-electron chi connectivity index (χ1n) is 8.63. The first kappa shape index (κ1) is 17.9. The van der Waals surface area contributed by atoms with E-state index in [1.807, 2.05) is 12.1 Å². The van der Waals surface area contributed by atoms with Crippen LogP contribution >= 0.6 is 0 Å². The molecule has 1 aliphatic rings. The Morgan fingerprint density at radius 1 is 1.12 bits per heavy atom. The third-order valence-electron chi connectivity index (χ3n) is 4.36. The van der Waals surface area contributed by atoms with Crippen LogP contribution in [-0.4, -0.2) is 17.9 Å². The number of para-hydroxylation sites is 1. The average Bonchev–Trinajstić information content (AvgIpc) is 3.09. The van der Waals surface area contributed by atoms with Crippen molar-refractivity contribution in [3.05, 3.63) is 65.0 Å². The lowest BCUT2D eigenvalue weighted by Crippen LogP contribution is -2.47. The SMILES string of the molecule is C[C@H](Oc1ccccc1F)C(=O)NNC(=O)Cc1ccc2c(c1)CCC2. The highest BCUT2D eigenvalue weighted by molar-refractivity contribution is 5.85. The van der Waals surface area contributed by atoms with Gasteiger partial charge < -0.3 is 4.74 Å². The van der Waals surface area contributed by atoms with Crippen molar-refractivity contribution in [2.24, 2.45) is 0 Å². The monoisotopic (exact) mass is 356 g/mol. The Labute approximate surface area is 151 Å². The molecule has 0 radical (unpaired) electrons. The number of halogens is 1. The summed E-state index contributed by atoms with van der Waals surface area (Å²) in [6, 6.07) is 11.9. The predicted octanol–water partition coefficient (Wildman–Crippen LogP) is 2.47. The molecule has 1 aliphatic carbocycles. The number of hydrogen-bond acceptors (Lipinski definition) is 3. The molecule has 2 aromatic carbocycles. The van der Waals surface area contributed by atoms with Gasteiger partial charge in [0.15, 0.2) is 17.7 Å². The molecular weight excluding hydrogens is 335 g/mol. The van der Waals surface area contributed by atoms with Crippen molar-refractivity contribution < 1.29 is 18.7 Å². The summed E-state index contributed by atoms with van der Waals surface area (Å²) < 4.78 is 18.8. The number of carbonyl (C=O) groups excluding carboxylic acids is 2. The van der Waals surface area contributed by atoms with E-state index in [0.29, 0.717) is 0 Å². The molecule has 136 valence electrons. The van der Waals surface area contributed by atoms with Gasteiger partial charge in [-0.05, 0) is 55.0 Å². The molecule has 0 aliphatic heterocycles. The van der Waals surface area contributed by atoms with Gasteiger partial charge in [-0.2, -0.15) is 0 Å². The zero-order valence-electron chi connectivity index (χ0n) is 14.5. The number of fused-ring (bicyclic) bond motifs is 1. The number of aryl methyl sites for hydroxylation is 2. The Morgan fingerprint density at radius 3 is 2.69 bits per heavy atom. The maximum Gasteiger partial charge on any atom is 0.279 e. The van der Waals surface area contributed by atoms with Gasteiger partial charge in [-0.15, -0.1) is 0 Å². The molecule has 0 spiro atoms. The number of nitrogens with one attached hydrogen (secondary N) is 2. The Morgan fingerprint density at radius 2 is 1.88 bits per heavy atom. The van der Waals surface area contributed by atoms with E-state index in [1.54, 1.807) is 6.07 Å². The van der Waals surface area contributed by atoms with Crippen molar-refractivity contribution in [1.82, 2.24) is 10.9 Å². The largest absolute Gasteiger partial charge is 0.478 e. The maximum atomic E-state index is 13.5. The molecular formula is C20H21FN2O3. The fourth-order valence-electron chi connectivity index (χ4n) is 2.98.